The molecule has 2 rings (SSSR count). The van der Waals surface area contributed by atoms with E-state index < -0.39 is 17.5 Å². The third kappa shape index (κ3) is 4.60. The maximum absolute atomic E-state index is 12.7. The number of ether oxygens (including phenoxy) is 3. The Balaban J connectivity index is 2.65. The SMILES string of the molecule is CCOC(=O)/C=c1\s/c(=C\c2ccccc2OC)c(=O)n1CC(=O)OC. The van der Waals surface area contributed by atoms with Crippen LogP contribution in [0.3, 0.4) is 0 Å². The summed E-state index contributed by atoms with van der Waals surface area (Å²) in [6, 6.07) is 7.22. The minimum Gasteiger partial charge on any atom is -0.496 e. The average molecular weight is 377 g/mol. The number of methoxy groups -OCH3 is 2. The van der Waals surface area contributed by atoms with Crippen LogP contribution in [0, 0.1) is 0 Å². The first-order chi connectivity index (χ1) is 12.5. The smallest absolute Gasteiger partial charge is 0.333 e. The molecule has 26 heavy (non-hydrogen) atoms. The number of hydrogen-bond acceptors (Lipinski definition) is 7. The molecule has 0 N–H and O–H groups in total. The highest BCUT2D eigenvalue weighted by molar-refractivity contribution is 7.07. The minimum absolute atomic E-state index is 0.210. The summed E-state index contributed by atoms with van der Waals surface area (Å²) in [6.07, 6.45) is 2.85. The van der Waals surface area contributed by atoms with E-state index in [9.17, 15) is 14.4 Å². The molecule has 2 aromatic rings. The standard InChI is InChI=1S/C18H19NO6S/c1-4-25-16(20)10-15-19(11-17(21)24-3)18(22)14(26-15)9-12-7-5-6-8-13(12)23-2/h5-10H,4,11H2,1-3H3/b14-9-,15-10-. The van der Waals surface area contributed by atoms with Gasteiger partial charge in [0.25, 0.3) is 5.56 Å². The zero-order valence-corrected chi connectivity index (χ0v) is 15.5. The van der Waals surface area contributed by atoms with Gasteiger partial charge in [0.1, 0.15) is 17.0 Å². The van der Waals surface area contributed by atoms with Crippen molar-refractivity contribution in [1.29, 1.82) is 0 Å². The molecule has 0 spiro atoms. The number of aromatic nitrogens is 1. The van der Waals surface area contributed by atoms with Crippen LogP contribution >= 0.6 is 11.3 Å². The van der Waals surface area contributed by atoms with Crippen LogP contribution in [0.2, 0.25) is 0 Å². The van der Waals surface area contributed by atoms with Crippen molar-refractivity contribution in [3.05, 3.63) is 49.4 Å². The molecule has 0 radical (unpaired) electrons. The molecule has 0 saturated carbocycles. The Kier molecular flexibility index (Phi) is 6.74. The lowest BCUT2D eigenvalue weighted by molar-refractivity contribution is -0.141. The van der Waals surface area contributed by atoms with E-state index in [-0.39, 0.29) is 13.2 Å². The molecule has 0 unspecified atom stereocenters. The number of hydrogen-bond donors (Lipinski definition) is 0. The Bertz CT molecular complexity index is 972. The molecule has 7 nitrogen and oxygen atoms in total. The number of rotatable bonds is 6. The van der Waals surface area contributed by atoms with Gasteiger partial charge in [-0.15, -0.1) is 11.3 Å². The van der Waals surface area contributed by atoms with Gasteiger partial charge in [-0.1, -0.05) is 18.2 Å². The monoisotopic (exact) mass is 377 g/mol. The van der Waals surface area contributed by atoms with Gasteiger partial charge >= 0.3 is 11.9 Å². The van der Waals surface area contributed by atoms with Crippen LogP contribution in [-0.2, 0) is 25.6 Å². The van der Waals surface area contributed by atoms with Crippen LogP contribution in [0.15, 0.2) is 29.1 Å². The zero-order valence-electron chi connectivity index (χ0n) is 14.7. The lowest BCUT2D eigenvalue weighted by Gasteiger charge is -2.02. The molecular weight excluding hydrogens is 358 g/mol. The van der Waals surface area contributed by atoms with Crippen LogP contribution in [0.1, 0.15) is 12.5 Å². The van der Waals surface area contributed by atoms with Gasteiger partial charge in [0.2, 0.25) is 0 Å². The van der Waals surface area contributed by atoms with Gasteiger partial charge < -0.3 is 14.2 Å². The average Bonchev–Trinajstić information content (AvgIpc) is 2.91. The maximum Gasteiger partial charge on any atom is 0.333 e. The second-order valence-electron chi connectivity index (χ2n) is 5.05. The Morgan fingerprint density at radius 3 is 2.62 bits per heavy atom. The molecule has 0 aliphatic rings. The molecule has 0 bridgehead atoms. The number of esters is 2. The number of carbonyl (C=O) groups excluding carboxylic acids is 2. The largest absolute Gasteiger partial charge is 0.496 e. The van der Waals surface area contributed by atoms with Gasteiger partial charge in [0, 0.05) is 5.56 Å². The van der Waals surface area contributed by atoms with E-state index in [1.165, 1.54) is 24.9 Å². The zero-order chi connectivity index (χ0) is 19.1. The lowest BCUT2D eigenvalue weighted by Crippen LogP contribution is -2.34. The number of nitrogens with zero attached hydrogens (tertiary/aromatic N) is 1. The lowest BCUT2D eigenvalue weighted by atomic mass is 10.2. The molecule has 1 aromatic carbocycles. The maximum atomic E-state index is 12.7. The normalized spacial score (nSPS) is 12.1. The van der Waals surface area contributed by atoms with E-state index in [1.54, 1.807) is 25.1 Å². The van der Waals surface area contributed by atoms with E-state index in [1.807, 2.05) is 12.1 Å². The highest BCUT2D eigenvalue weighted by Crippen LogP contribution is 2.17. The summed E-state index contributed by atoms with van der Waals surface area (Å²) in [5, 5.41) is 0. The van der Waals surface area contributed by atoms with Crippen LogP contribution in [0.25, 0.3) is 12.2 Å². The molecule has 138 valence electrons. The molecule has 0 atom stereocenters. The summed E-state index contributed by atoms with van der Waals surface area (Å²) in [5.41, 5.74) is 0.308. The number of benzene rings is 1. The number of para-hydroxylation sites is 1. The molecule has 0 amide bonds. The van der Waals surface area contributed by atoms with Crippen LogP contribution in [0.4, 0.5) is 0 Å². The second-order valence-corrected chi connectivity index (χ2v) is 6.12. The van der Waals surface area contributed by atoms with Gasteiger partial charge in [-0.05, 0) is 19.1 Å². The summed E-state index contributed by atoms with van der Waals surface area (Å²) >= 11 is 1.08. The molecule has 1 aromatic heterocycles. The van der Waals surface area contributed by atoms with Gasteiger partial charge in [0.15, 0.2) is 0 Å². The van der Waals surface area contributed by atoms with Crippen molar-refractivity contribution < 1.29 is 23.8 Å². The Hall–Kier alpha value is -2.87. The van der Waals surface area contributed by atoms with Crippen LogP contribution < -0.4 is 19.5 Å². The minimum atomic E-state index is -0.591. The van der Waals surface area contributed by atoms with Crippen molar-refractivity contribution in [3.8, 4) is 5.75 Å². The third-order valence-electron chi connectivity index (χ3n) is 3.40. The van der Waals surface area contributed by atoms with E-state index in [4.69, 9.17) is 9.47 Å². The quantitative estimate of drug-likeness (QED) is 0.672. The Labute approximate surface area is 153 Å². The molecule has 0 fully saturated rings. The van der Waals surface area contributed by atoms with E-state index in [2.05, 4.69) is 4.74 Å². The van der Waals surface area contributed by atoms with E-state index in [0.29, 0.717) is 20.5 Å². The van der Waals surface area contributed by atoms with Crippen LogP contribution in [0.5, 0.6) is 5.75 Å². The van der Waals surface area contributed by atoms with Gasteiger partial charge in [0.05, 0.1) is 31.4 Å². The van der Waals surface area contributed by atoms with E-state index >= 15 is 0 Å². The fourth-order valence-corrected chi connectivity index (χ4v) is 3.22. The second kappa shape index (κ2) is 9.00. The predicted octanol–water partition coefficient (Wildman–Crippen LogP) is 0.264. The summed E-state index contributed by atoms with van der Waals surface area (Å²) < 4.78 is 16.6. The highest BCUT2D eigenvalue weighted by Gasteiger charge is 2.11. The summed E-state index contributed by atoms with van der Waals surface area (Å²) in [5.74, 6) is -0.570. The van der Waals surface area contributed by atoms with Crippen molar-refractivity contribution in [1.82, 2.24) is 4.57 Å². The van der Waals surface area contributed by atoms with Crippen molar-refractivity contribution in [2.75, 3.05) is 20.8 Å². The van der Waals surface area contributed by atoms with Gasteiger partial charge in [-0.25, -0.2) is 4.79 Å². The molecular formula is C18H19NO6S. The fourth-order valence-electron chi connectivity index (χ4n) is 2.20. The molecule has 0 saturated heterocycles. The predicted molar refractivity (Wildman–Crippen MR) is 97.5 cm³/mol. The number of thiazole rings is 1. The van der Waals surface area contributed by atoms with Gasteiger partial charge in [-0.3, -0.25) is 14.2 Å². The van der Waals surface area contributed by atoms with Crippen molar-refractivity contribution in [2.24, 2.45) is 0 Å². The van der Waals surface area contributed by atoms with E-state index in [0.717, 1.165) is 11.3 Å². The topological polar surface area (TPSA) is 83.8 Å². The Morgan fingerprint density at radius 1 is 1.23 bits per heavy atom. The summed E-state index contributed by atoms with van der Waals surface area (Å²) in [7, 11) is 2.77. The van der Waals surface area contributed by atoms with Crippen molar-refractivity contribution >= 4 is 35.4 Å². The molecule has 8 heteroatoms. The van der Waals surface area contributed by atoms with Gasteiger partial charge in [-0.2, -0.15) is 0 Å². The summed E-state index contributed by atoms with van der Waals surface area (Å²) in [4.78, 5) is 36.1. The van der Waals surface area contributed by atoms with Crippen molar-refractivity contribution in [2.45, 2.75) is 13.5 Å². The first kappa shape index (κ1) is 19.5. The first-order valence-electron chi connectivity index (χ1n) is 7.79. The third-order valence-corrected chi connectivity index (χ3v) is 4.46. The fraction of sp³-hybridized carbons (Fsp3) is 0.278. The Morgan fingerprint density at radius 2 is 1.96 bits per heavy atom. The van der Waals surface area contributed by atoms with Crippen LogP contribution in [-0.4, -0.2) is 37.3 Å². The highest BCUT2D eigenvalue weighted by atomic mass is 32.1. The molecule has 0 aliphatic carbocycles. The first-order valence-corrected chi connectivity index (χ1v) is 8.61. The molecule has 1 heterocycles. The number of carbonyl (C=O) groups is 2. The van der Waals surface area contributed by atoms with Crippen molar-refractivity contribution in [3.63, 3.8) is 0 Å². The molecule has 0 aliphatic heterocycles. The summed E-state index contributed by atoms with van der Waals surface area (Å²) in [6.45, 7) is 1.60.